The van der Waals surface area contributed by atoms with E-state index in [-0.39, 0.29) is 42.1 Å². The Balaban J connectivity index is 1.44. The van der Waals surface area contributed by atoms with Gasteiger partial charge in [-0.05, 0) is 57.6 Å². The van der Waals surface area contributed by atoms with Gasteiger partial charge in [0, 0.05) is 29.9 Å². The van der Waals surface area contributed by atoms with Crippen LogP contribution in [0.5, 0.6) is 5.75 Å². The van der Waals surface area contributed by atoms with E-state index in [9.17, 15) is 4.79 Å². The molecule has 1 aromatic heterocycles. The van der Waals surface area contributed by atoms with E-state index in [1.807, 2.05) is 0 Å². The number of carbonyl (C=O) groups is 1. The minimum atomic E-state index is -0.531. The fourth-order valence-electron chi connectivity index (χ4n) is 4.52. The molecule has 2 amide bonds. The number of anilines is 3. The van der Waals surface area contributed by atoms with E-state index < -0.39 is 5.82 Å². The molecular weight excluding hydrogens is 411 g/mol. The molecule has 0 unspecified atom stereocenters. The van der Waals surface area contributed by atoms with Gasteiger partial charge < -0.3 is 15.8 Å². The van der Waals surface area contributed by atoms with Crippen molar-refractivity contribution in [1.29, 1.82) is 0 Å². The number of nitrogens with two attached hydrogens (primary N) is 1. The summed E-state index contributed by atoms with van der Waals surface area (Å²) in [4.78, 5) is 25.9. The summed E-state index contributed by atoms with van der Waals surface area (Å²) < 4.78 is 20.5. The number of fused-ring (bicyclic) bond motifs is 1. The SMILES string of the molecule is CCOc1cccc(N2Cc3cnc(NC4CCC(N)CC4)nc3N(C3CC3)C2=O)c1F. The van der Waals surface area contributed by atoms with Gasteiger partial charge in [-0.1, -0.05) is 6.07 Å². The zero-order valence-corrected chi connectivity index (χ0v) is 18.3. The zero-order valence-electron chi connectivity index (χ0n) is 18.3. The lowest BCUT2D eigenvalue weighted by molar-refractivity contribution is 0.249. The van der Waals surface area contributed by atoms with E-state index >= 15 is 4.39 Å². The summed E-state index contributed by atoms with van der Waals surface area (Å²) in [5.41, 5.74) is 7.02. The van der Waals surface area contributed by atoms with Gasteiger partial charge in [-0.25, -0.2) is 14.2 Å². The third kappa shape index (κ3) is 3.97. The third-order valence-corrected chi connectivity index (χ3v) is 6.39. The largest absolute Gasteiger partial charge is 0.491 e. The van der Waals surface area contributed by atoms with E-state index in [2.05, 4.69) is 10.3 Å². The average molecular weight is 441 g/mol. The van der Waals surface area contributed by atoms with Crippen LogP contribution in [0.25, 0.3) is 0 Å². The number of nitrogens with zero attached hydrogens (tertiary/aromatic N) is 4. The zero-order chi connectivity index (χ0) is 22.2. The number of hydrogen-bond donors (Lipinski definition) is 2. The summed E-state index contributed by atoms with van der Waals surface area (Å²) in [7, 11) is 0. The number of benzene rings is 1. The molecule has 3 aliphatic rings. The van der Waals surface area contributed by atoms with Crippen molar-refractivity contribution in [3.05, 3.63) is 35.8 Å². The molecule has 8 nitrogen and oxygen atoms in total. The van der Waals surface area contributed by atoms with Crippen molar-refractivity contribution in [1.82, 2.24) is 9.97 Å². The monoisotopic (exact) mass is 440 g/mol. The van der Waals surface area contributed by atoms with E-state index in [0.29, 0.717) is 18.4 Å². The van der Waals surface area contributed by atoms with Crippen LogP contribution in [-0.2, 0) is 6.54 Å². The molecule has 0 bridgehead atoms. The minimum absolute atomic E-state index is 0.0811. The Morgan fingerprint density at radius 1 is 1.22 bits per heavy atom. The van der Waals surface area contributed by atoms with Gasteiger partial charge in [-0.3, -0.25) is 9.80 Å². The average Bonchev–Trinajstić information content (AvgIpc) is 3.62. The number of hydrogen-bond acceptors (Lipinski definition) is 6. The predicted molar refractivity (Wildman–Crippen MR) is 121 cm³/mol. The quantitative estimate of drug-likeness (QED) is 0.709. The standard InChI is InChI=1S/C23H29FN6O2/c1-2-32-19-5-3-4-18(20(19)24)29-13-14-12-26-22(27-16-8-6-15(25)7-9-16)28-21(14)30(23(29)31)17-10-11-17/h3-5,12,15-17H,2,6-11,13,25H2,1H3,(H,26,27,28). The third-order valence-electron chi connectivity index (χ3n) is 6.39. The number of rotatable bonds is 6. The Bertz CT molecular complexity index is 1010. The highest BCUT2D eigenvalue weighted by Gasteiger charge is 2.42. The van der Waals surface area contributed by atoms with Crippen molar-refractivity contribution in [3.63, 3.8) is 0 Å². The van der Waals surface area contributed by atoms with E-state index in [1.54, 1.807) is 36.2 Å². The van der Waals surface area contributed by atoms with Gasteiger partial charge in [-0.2, -0.15) is 4.98 Å². The minimum Gasteiger partial charge on any atom is -0.491 e. The highest BCUT2D eigenvalue weighted by Crippen LogP contribution is 2.40. The lowest BCUT2D eigenvalue weighted by Crippen LogP contribution is -2.49. The molecule has 1 aliphatic heterocycles. The maximum Gasteiger partial charge on any atom is 0.330 e. The van der Waals surface area contributed by atoms with Crippen LogP contribution in [0.3, 0.4) is 0 Å². The lowest BCUT2D eigenvalue weighted by atomic mass is 9.92. The van der Waals surface area contributed by atoms with Crippen LogP contribution in [0, 0.1) is 5.82 Å². The predicted octanol–water partition coefficient (Wildman–Crippen LogP) is 3.81. The molecule has 0 saturated heterocycles. The van der Waals surface area contributed by atoms with Crippen LogP contribution >= 0.6 is 0 Å². The van der Waals surface area contributed by atoms with Gasteiger partial charge in [0.25, 0.3) is 0 Å². The molecule has 170 valence electrons. The molecule has 0 spiro atoms. The molecule has 0 atom stereocenters. The maximum absolute atomic E-state index is 15.1. The number of ether oxygens (including phenoxy) is 1. The van der Waals surface area contributed by atoms with Crippen LogP contribution in [-0.4, -0.2) is 40.7 Å². The molecule has 1 aromatic carbocycles. The lowest BCUT2D eigenvalue weighted by Gasteiger charge is -2.36. The van der Waals surface area contributed by atoms with Gasteiger partial charge in [0.2, 0.25) is 5.95 Å². The first-order valence-corrected chi connectivity index (χ1v) is 11.4. The maximum atomic E-state index is 15.1. The smallest absolute Gasteiger partial charge is 0.330 e. The first-order chi connectivity index (χ1) is 15.5. The summed E-state index contributed by atoms with van der Waals surface area (Å²) in [5, 5.41) is 3.41. The number of aromatic nitrogens is 2. The highest BCUT2D eigenvalue weighted by atomic mass is 19.1. The number of amides is 2. The number of halogens is 1. The van der Waals surface area contributed by atoms with Crippen LogP contribution in [0.4, 0.5) is 26.6 Å². The first kappa shape index (κ1) is 20.9. The summed E-state index contributed by atoms with van der Waals surface area (Å²) in [6.45, 7) is 2.36. The molecule has 2 saturated carbocycles. The van der Waals surface area contributed by atoms with Gasteiger partial charge >= 0.3 is 6.03 Å². The fourth-order valence-corrected chi connectivity index (χ4v) is 4.52. The van der Waals surface area contributed by atoms with E-state index in [1.165, 1.54) is 4.90 Å². The number of carbonyl (C=O) groups excluding carboxylic acids is 1. The Kier molecular flexibility index (Phi) is 5.58. The number of urea groups is 1. The molecule has 0 radical (unpaired) electrons. The molecule has 2 aliphatic carbocycles. The van der Waals surface area contributed by atoms with Crippen molar-refractivity contribution in [2.24, 2.45) is 5.73 Å². The van der Waals surface area contributed by atoms with Gasteiger partial charge in [-0.15, -0.1) is 0 Å². The summed E-state index contributed by atoms with van der Waals surface area (Å²) in [5.74, 6) is 0.766. The fraction of sp³-hybridized carbons (Fsp3) is 0.522. The Labute approximate surface area is 187 Å². The van der Waals surface area contributed by atoms with Crippen molar-refractivity contribution in [2.45, 2.75) is 70.1 Å². The molecule has 32 heavy (non-hydrogen) atoms. The Hall–Kier alpha value is -2.94. The van der Waals surface area contributed by atoms with Gasteiger partial charge in [0.05, 0.1) is 18.8 Å². The van der Waals surface area contributed by atoms with Gasteiger partial charge in [0.1, 0.15) is 5.82 Å². The molecule has 2 aromatic rings. The highest BCUT2D eigenvalue weighted by molar-refractivity contribution is 6.06. The first-order valence-electron chi connectivity index (χ1n) is 11.4. The van der Waals surface area contributed by atoms with Crippen LogP contribution in [0.2, 0.25) is 0 Å². The van der Waals surface area contributed by atoms with E-state index in [0.717, 1.165) is 44.1 Å². The second-order valence-corrected chi connectivity index (χ2v) is 8.79. The molecule has 3 N–H and O–H groups in total. The Morgan fingerprint density at radius 2 is 2.00 bits per heavy atom. The van der Waals surface area contributed by atoms with Crippen molar-refractivity contribution < 1.29 is 13.9 Å². The van der Waals surface area contributed by atoms with Crippen molar-refractivity contribution in [3.8, 4) is 5.75 Å². The summed E-state index contributed by atoms with van der Waals surface area (Å²) in [6, 6.07) is 5.26. The van der Waals surface area contributed by atoms with Crippen molar-refractivity contribution in [2.75, 3.05) is 21.7 Å². The molecular formula is C23H29FN6O2. The second kappa shape index (κ2) is 8.54. The normalized spacial score (nSPS) is 23.2. The van der Waals surface area contributed by atoms with E-state index in [4.69, 9.17) is 15.5 Å². The van der Waals surface area contributed by atoms with Crippen LogP contribution < -0.4 is 25.6 Å². The summed E-state index contributed by atoms with van der Waals surface area (Å²) >= 11 is 0. The molecule has 9 heteroatoms. The van der Waals surface area contributed by atoms with Crippen molar-refractivity contribution >= 4 is 23.5 Å². The topological polar surface area (TPSA) is 96.6 Å². The van der Waals surface area contributed by atoms with Gasteiger partial charge in [0.15, 0.2) is 11.6 Å². The van der Waals surface area contributed by atoms with Crippen LogP contribution in [0.15, 0.2) is 24.4 Å². The second-order valence-electron chi connectivity index (χ2n) is 8.79. The van der Waals surface area contributed by atoms with Crippen LogP contribution in [0.1, 0.15) is 51.0 Å². The molecule has 5 rings (SSSR count). The summed E-state index contributed by atoms with van der Waals surface area (Å²) in [6.07, 6.45) is 7.50. The Morgan fingerprint density at radius 3 is 2.72 bits per heavy atom. The number of nitrogens with one attached hydrogen (secondary N) is 1. The molecule has 2 fully saturated rings. The molecule has 2 heterocycles.